The molecule has 1 fully saturated rings. The van der Waals surface area contributed by atoms with Crippen molar-refractivity contribution >= 4 is 10.0 Å². The lowest BCUT2D eigenvalue weighted by Gasteiger charge is -2.21. The molecule has 0 saturated carbocycles. The third kappa shape index (κ3) is 2.76. The molecule has 0 aromatic carbocycles. The second-order valence-electron chi connectivity index (χ2n) is 5.39. The molecule has 0 unspecified atom stereocenters. The maximum absolute atomic E-state index is 11.9. The Bertz CT molecular complexity index is 771. The number of nitrogens with zero attached hydrogens (tertiary/aromatic N) is 5. The Hall–Kier alpha value is -1.80. The summed E-state index contributed by atoms with van der Waals surface area (Å²) >= 11 is 0. The summed E-state index contributed by atoms with van der Waals surface area (Å²) < 4.78 is 27.1. The van der Waals surface area contributed by atoms with E-state index in [4.69, 9.17) is 0 Å². The molecular formula is C14H19N5O2S. The highest BCUT2D eigenvalue weighted by atomic mass is 32.2. The Balaban J connectivity index is 1.98. The van der Waals surface area contributed by atoms with Gasteiger partial charge in [-0.1, -0.05) is 0 Å². The van der Waals surface area contributed by atoms with Crippen LogP contribution in [0.25, 0.3) is 11.4 Å². The molecule has 0 N–H and O–H groups in total. The van der Waals surface area contributed by atoms with Crippen molar-refractivity contribution in [3.63, 3.8) is 0 Å². The van der Waals surface area contributed by atoms with Crippen LogP contribution < -0.4 is 0 Å². The molecule has 8 heteroatoms. The lowest BCUT2D eigenvalue weighted by atomic mass is 10.1. The van der Waals surface area contributed by atoms with Crippen LogP contribution in [0.5, 0.6) is 0 Å². The maximum atomic E-state index is 11.9. The Morgan fingerprint density at radius 1 is 1.36 bits per heavy atom. The van der Waals surface area contributed by atoms with Crippen molar-refractivity contribution in [2.75, 3.05) is 12.8 Å². The highest BCUT2D eigenvalue weighted by Gasteiger charge is 2.33. The van der Waals surface area contributed by atoms with Gasteiger partial charge >= 0.3 is 0 Å². The zero-order valence-corrected chi connectivity index (χ0v) is 13.5. The zero-order chi connectivity index (χ0) is 15.7. The fraction of sp³-hybridized carbons (Fsp3) is 0.500. The average molecular weight is 321 g/mol. The molecule has 0 amide bonds. The number of aromatic nitrogens is 4. The average Bonchev–Trinajstić information content (AvgIpc) is 3.15. The topological polar surface area (TPSA) is 81.0 Å². The number of hydrogen-bond donors (Lipinski definition) is 0. The van der Waals surface area contributed by atoms with E-state index >= 15 is 0 Å². The zero-order valence-electron chi connectivity index (χ0n) is 12.7. The second kappa shape index (κ2) is 5.77. The van der Waals surface area contributed by atoms with Crippen molar-refractivity contribution in [3.05, 3.63) is 30.4 Å². The van der Waals surface area contributed by atoms with Crippen molar-refractivity contribution in [1.82, 2.24) is 24.1 Å². The standard InChI is InChI=1S/C14H19N5O2S/c1-3-18-13(6-7-16-18)11-9-15-10-12(17-11)14-5-4-8-19(14)22(2,20)21/h6-7,9-10,14H,3-5,8H2,1-2H3/t14-/m0/s1. The highest BCUT2D eigenvalue weighted by Crippen LogP contribution is 2.33. The monoisotopic (exact) mass is 321 g/mol. The summed E-state index contributed by atoms with van der Waals surface area (Å²) in [4.78, 5) is 8.89. The van der Waals surface area contributed by atoms with E-state index in [-0.39, 0.29) is 6.04 Å². The molecule has 1 aliphatic heterocycles. The van der Waals surface area contributed by atoms with Gasteiger partial charge in [-0.25, -0.2) is 13.4 Å². The van der Waals surface area contributed by atoms with Crippen molar-refractivity contribution in [3.8, 4) is 11.4 Å². The van der Waals surface area contributed by atoms with Gasteiger partial charge in [0.25, 0.3) is 0 Å². The largest absolute Gasteiger partial charge is 0.264 e. The first-order chi connectivity index (χ1) is 10.5. The van der Waals surface area contributed by atoms with E-state index in [9.17, 15) is 8.42 Å². The van der Waals surface area contributed by atoms with Gasteiger partial charge < -0.3 is 0 Å². The molecule has 2 aromatic heterocycles. The molecular weight excluding hydrogens is 302 g/mol. The minimum absolute atomic E-state index is 0.222. The summed E-state index contributed by atoms with van der Waals surface area (Å²) in [6.45, 7) is 3.30. The lowest BCUT2D eigenvalue weighted by Crippen LogP contribution is -2.30. The van der Waals surface area contributed by atoms with Crippen LogP contribution in [0.3, 0.4) is 0 Å². The fourth-order valence-corrected chi connectivity index (χ4v) is 4.04. The molecule has 0 bridgehead atoms. The van der Waals surface area contributed by atoms with Crippen LogP contribution in [-0.4, -0.2) is 45.3 Å². The van der Waals surface area contributed by atoms with Crippen LogP contribution in [0.15, 0.2) is 24.7 Å². The van der Waals surface area contributed by atoms with Gasteiger partial charge in [0.05, 0.1) is 36.1 Å². The Labute approximate surface area is 130 Å². The first kappa shape index (κ1) is 15.1. The van der Waals surface area contributed by atoms with E-state index in [1.807, 2.05) is 17.7 Å². The fourth-order valence-electron chi connectivity index (χ4n) is 2.90. The molecule has 0 spiro atoms. The summed E-state index contributed by atoms with van der Waals surface area (Å²) in [5.74, 6) is 0. The predicted molar refractivity (Wildman–Crippen MR) is 82.5 cm³/mol. The van der Waals surface area contributed by atoms with Crippen LogP contribution in [0.2, 0.25) is 0 Å². The third-order valence-electron chi connectivity index (χ3n) is 3.90. The minimum atomic E-state index is -3.23. The van der Waals surface area contributed by atoms with Gasteiger partial charge in [-0.2, -0.15) is 9.40 Å². The number of rotatable bonds is 4. The van der Waals surface area contributed by atoms with Crippen LogP contribution in [0.4, 0.5) is 0 Å². The summed E-state index contributed by atoms with van der Waals surface area (Å²) in [7, 11) is -3.23. The summed E-state index contributed by atoms with van der Waals surface area (Å²) in [6.07, 6.45) is 7.94. The molecule has 22 heavy (non-hydrogen) atoms. The van der Waals surface area contributed by atoms with Crippen molar-refractivity contribution in [2.24, 2.45) is 0 Å². The SMILES string of the molecule is CCn1nccc1-c1cncc([C@@H]2CCCN2S(C)(=O)=O)n1. The Kier molecular flexibility index (Phi) is 3.96. The molecule has 2 aromatic rings. The quantitative estimate of drug-likeness (QED) is 0.851. The smallest absolute Gasteiger partial charge is 0.211 e. The highest BCUT2D eigenvalue weighted by molar-refractivity contribution is 7.88. The Morgan fingerprint density at radius 3 is 2.91 bits per heavy atom. The third-order valence-corrected chi connectivity index (χ3v) is 5.19. The minimum Gasteiger partial charge on any atom is -0.264 e. The summed E-state index contributed by atoms with van der Waals surface area (Å²) in [5, 5.41) is 4.24. The molecule has 118 valence electrons. The molecule has 3 heterocycles. The van der Waals surface area contributed by atoms with Gasteiger partial charge in [0.1, 0.15) is 5.69 Å². The number of sulfonamides is 1. The van der Waals surface area contributed by atoms with Gasteiger partial charge in [0.2, 0.25) is 10.0 Å². The van der Waals surface area contributed by atoms with Crippen LogP contribution in [0, 0.1) is 0 Å². The molecule has 1 aliphatic rings. The van der Waals surface area contributed by atoms with Gasteiger partial charge in [-0.3, -0.25) is 9.67 Å². The van der Waals surface area contributed by atoms with Gasteiger partial charge in [0.15, 0.2) is 0 Å². The van der Waals surface area contributed by atoms with Gasteiger partial charge in [-0.15, -0.1) is 0 Å². The molecule has 0 aliphatic carbocycles. The number of hydrogen-bond acceptors (Lipinski definition) is 5. The van der Waals surface area contributed by atoms with Crippen LogP contribution >= 0.6 is 0 Å². The lowest BCUT2D eigenvalue weighted by molar-refractivity contribution is 0.393. The van der Waals surface area contributed by atoms with Crippen molar-refractivity contribution in [2.45, 2.75) is 32.4 Å². The molecule has 7 nitrogen and oxygen atoms in total. The normalized spacial score (nSPS) is 19.6. The van der Waals surface area contributed by atoms with E-state index in [0.29, 0.717) is 12.2 Å². The first-order valence-electron chi connectivity index (χ1n) is 7.31. The summed E-state index contributed by atoms with van der Waals surface area (Å²) in [6, 6.07) is 1.67. The molecule has 1 atom stereocenters. The first-order valence-corrected chi connectivity index (χ1v) is 9.16. The van der Waals surface area contributed by atoms with Crippen LogP contribution in [0.1, 0.15) is 31.5 Å². The molecule has 0 radical (unpaired) electrons. The van der Waals surface area contributed by atoms with E-state index in [1.165, 1.54) is 10.6 Å². The van der Waals surface area contributed by atoms with E-state index in [1.54, 1.807) is 18.6 Å². The Morgan fingerprint density at radius 2 is 2.18 bits per heavy atom. The van der Waals surface area contributed by atoms with Crippen molar-refractivity contribution in [1.29, 1.82) is 0 Å². The predicted octanol–water partition coefficient (Wildman–Crippen LogP) is 1.46. The van der Waals surface area contributed by atoms with Gasteiger partial charge in [-0.05, 0) is 25.8 Å². The summed E-state index contributed by atoms with van der Waals surface area (Å²) in [5.41, 5.74) is 2.31. The molecule has 1 saturated heterocycles. The second-order valence-corrected chi connectivity index (χ2v) is 7.33. The number of aryl methyl sites for hydroxylation is 1. The van der Waals surface area contributed by atoms with Crippen molar-refractivity contribution < 1.29 is 8.42 Å². The van der Waals surface area contributed by atoms with Crippen LogP contribution in [-0.2, 0) is 16.6 Å². The van der Waals surface area contributed by atoms with Gasteiger partial charge in [0, 0.05) is 19.3 Å². The molecule has 3 rings (SSSR count). The van der Waals surface area contributed by atoms with E-state index in [0.717, 1.165) is 30.8 Å². The van der Waals surface area contributed by atoms with E-state index in [2.05, 4.69) is 15.1 Å². The maximum Gasteiger partial charge on any atom is 0.211 e. The van der Waals surface area contributed by atoms with E-state index < -0.39 is 10.0 Å².